The number of para-hydroxylation sites is 2. The number of Topliss-reactive ketones (excluding diaryl/α,β-unsaturated/α-hetero) is 1. The summed E-state index contributed by atoms with van der Waals surface area (Å²) in [4.78, 5) is 12.9. The number of thioether (sulfide) groups is 1. The molecule has 156 valence electrons. The van der Waals surface area contributed by atoms with E-state index in [1.54, 1.807) is 0 Å². The first-order chi connectivity index (χ1) is 14.6. The van der Waals surface area contributed by atoms with E-state index in [0.29, 0.717) is 30.1 Å². The van der Waals surface area contributed by atoms with E-state index in [1.165, 1.54) is 11.8 Å². The fourth-order valence-corrected chi connectivity index (χ4v) is 4.59. The van der Waals surface area contributed by atoms with Crippen molar-refractivity contribution in [1.29, 1.82) is 0 Å². The minimum absolute atomic E-state index is 0.0795. The third-order valence-electron chi connectivity index (χ3n) is 5.52. The SMILES string of the molecule is Cc1cc(C(=O)CSc2nnnn2C2CC2)c(C)n1C[C@@H]1COc2ccccc2O1. The van der Waals surface area contributed by atoms with E-state index < -0.39 is 0 Å². The number of aromatic nitrogens is 5. The predicted molar refractivity (Wildman–Crippen MR) is 111 cm³/mol. The van der Waals surface area contributed by atoms with E-state index in [9.17, 15) is 4.79 Å². The van der Waals surface area contributed by atoms with Crippen LogP contribution in [0.5, 0.6) is 11.5 Å². The Kier molecular flexibility index (Phi) is 4.98. The van der Waals surface area contributed by atoms with E-state index in [-0.39, 0.29) is 11.9 Å². The van der Waals surface area contributed by atoms with Gasteiger partial charge in [-0.3, -0.25) is 4.79 Å². The second-order valence-electron chi connectivity index (χ2n) is 7.74. The molecule has 30 heavy (non-hydrogen) atoms. The fraction of sp³-hybridized carbons (Fsp3) is 0.429. The number of hydrogen-bond donors (Lipinski definition) is 0. The Morgan fingerprint density at radius 3 is 2.83 bits per heavy atom. The second kappa shape index (κ2) is 7.79. The zero-order valence-corrected chi connectivity index (χ0v) is 17.8. The minimum Gasteiger partial charge on any atom is -0.486 e. The van der Waals surface area contributed by atoms with Crippen molar-refractivity contribution in [2.45, 2.75) is 50.5 Å². The van der Waals surface area contributed by atoms with Crippen LogP contribution in [0.1, 0.15) is 40.6 Å². The number of carbonyl (C=O) groups is 1. The normalized spacial score (nSPS) is 17.9. The Balaban J connectivity index is 1.26. The van der Waals surface area contributed by atoms with Gasteiger partial charge < -0.3 is 14.0 Å². The van der Waals surface area contributed by atoms with Crippen LogP contribution in [0.25, 0.3) is 0 Å². The first-order valence-corrected chi connectivity index (χ1v) is 11.1. The average Bonchev–Trinajstić information content (AvgIpc) is 3.43. The van der Waals surface area contributed by atoms with E-state index in [0.717, 1.165) is 41.3 Å². The number of aryl methyl sites for hydroxylation is 1. The van der Waals surface area contributed by atoms with Gasteiger partial charge in [0.2, 0.25) is 5.16 Å². The number of hydrogen-bond acceptors (Lipinski definition) is 7. The summed E-state index contributed by atoms with van der Waals surface area (Å²) in [7, 11) is 0. The lowest BCUT2D eigenvalue weighted by Gasteiger charge is -2.27. The maximum absolute atomic E-state index is 12.9. The van der Waals surface area contributed by atoms with Crippen molar-refractivity contribution >= 4 is 17.5 Å². The molecule has 1 atom stereocenters. The summed E-state index contributed by atoms with van der Waals surface area (Å²) < 4.78 is 15.9. The van der Waals surface area contributed by atoms with Crippen molar-refractivity contribution in [2.75, 3.05) is 12.4 Å². The number of ether oxygens (including phenoxy) is 2. The number of tetrazole rings is 1. The summed E-state index contributed by atoms with van der Waals surface area (Å²) in [6, 6.07) is 10.0. The van der Waals surface area contributed by atoms with Gasteiger partial charge in [-0.05, 0) is 55.3 Å². The van der Waals surface area contributed by atoms with E-state index in [4.69, 9.17) is 9.47 Å². The molecule has 9 heteroatoms. The number of rotatable bonds is 7. The van der Waals surface area contributed by atoms with Gasteiger partial charge in [-0.1, -0.05) is 23.9 Å². The van der Waals surface area contributed by atoms with Gasteiger partial charge in [-0.2, -0.15) is 0 Å². The fourth-order valence-electron chi connectivity index (χ4n) is 3.76. The molecule has 2 aliphatic rings. The highest BCUT2D eigenvalue weighted by molar-refractivity contribution is 7.99. The third-order valence-corrected chi connectivity index (χ3v) is 6.45. The molecule has 0 bridgehead atoms. The smallest absolute Gasteiger partial charge is 0.210 e. The molecule has 3 aromatic rings. The molecule has 1 fully saturated rings. The lowest BCUT2D eigenvalue weighted by molar-refractivity contribution is 0.0777. The summed E-state index contributed by atoms with van der Waals surface area (Å²) in [5.41, 5.74) is 2.72. The maximum atomic E-state index is 12.9. The van der Waals surface area contributed by atoms with Crippen LogP contribution in [0.4, 0.5) is 0 Å². The predicted octanol–water partition coefficient (Wildman–Crippen LogP) is 3.24. The highest BCUT2D eigenvalue weighted by atomic mass is 32.2. The highest BCUT2D eigenvalue weighted by Gasteiger charge is 2.28. The lowest BCUT2D eigenvalue weighted by Crippen LogP contribution is -2.33. The lowest BCUT2D eigenvalue weighted by atomic mass is 10.2. The van der Waals surface area contributed by atoms with E-state index >= 15 is 0 Å². The number of ketones is 1. The van der Waals surface area contributed by atoms with Crippen molar-refractivity contribution in [2.24, 2.45) is 0 Å². The van der Waals surface area contributed by atoms with E-state index in [2.05, 4.69) is 20.1 Å². The summed E-state index contributed by atoms with van der Waals surface area (Å²) in [5.74, 6) is 1.93. The van der Waals surface area contributed by atoms with Crippen LogP contribution < -0.4 is 9.47 Å². The van der Waals surface area contributed by atoms with Crippen molar-refractivity contribution in [1.82, 2.24) is 24.8 Å². The van der Waals surface area contributed by atoms with Crippen LogP contribution in [-0.2, 0) is 6.54 Å². The van der Waals surface area contributed by atoms with Crippen molar-refractivity contribution in [3.05, 3.63) is 47.3 Å². The Morgan fingerprint density at radius 2 is 2.03 bits per heavy atom. The van der Waals surface area contributed by atoms with Crippen molar-refractivity contribution in [3.63, 3.8) is 0 Å². The van der Waals surface area contributed by atoms with Crippen LogP contribution >= 0.6 is 11.8 Å². The molecule has 3 heterocycles. The summed E-state index contributed by atoms with van der Waals surface area (Å²) in [5, 5.41) is 12.6. The van der Waals surface area contributed by atoms with Gasteiger partial charge in [0.25, 0.3) is 0 Å². The Hall–Kier alpha value is -2.81. The molecule has 1 aliphatic carbocycles. The maximum Gasteiger partial charge on any atom is 0.210 e. The highest BCUT2D eigenvalue weighted by Crippen LogP contribution is 2.36. The van der Waals surface area contributed by atoms with Gasteiger partial charge in [0.15, 0.2) is 23.4 Å². The number of nitrogens with zero attached hydrogens (tertiary/aromatic N) is 5. The van der Waals surface area contributed by atoms with Gasteiger partial charge in [0.1, 0.15) is 6.61 Å². The van der Waals surface area contributed by atoms with Crippen LogP contribution in [0.2, 0.25) is 0 Å². The van der Waals surface area contributed by atoms with Gasteiger partial charge in [-0.25, -0.2) is 4.68 Å². The molecule has 1 aromatic carbocycles. The summed E-state index contributed by atoms with van der Waals surface area (Å²) >= 11 is 1.40. The third kappa shape index (κ3) is 3.69. The molecular weight excluding hydrogens is 402 g/mol. The van der Waals surface area contributed by atoms with Crippen LogP contribution in [0.15, 0.2) is 35.5 Å². The summed E-state index contributed by atoms with van der Waals surface area (Å²) in [6.45, 7) is 5.11. The van der Waals surface area contributed by atoms with Crippen LogP contribution in [0, 0.1) is 13.8 Å². The first-order valence-electron chi connectivity index (χ1n) is 10.1. The molecule has 0 radical (unpaired) electrons. The minimum atomic E-state index is -0.106. The van der Waals surface area contributed by atoms with E-state index in [1.807, 2.05) is 48.9 Å². The molecule has 0 amide bonds. The number of fused-ring (bicyclic) bond motifs is 1. The number of benzene rings is 1. The molecule has 8 nitrogen and oxygen atoms in total. The quantitative estimate of drug-likeness (QED) is 0.424. The largest absolute Gasteiger partial charge is 0.486 e. The first kappa shape index (κ1) is 19.2. The van der Waals surface area contributed by atoms with Crippen molar-refractivity contribution < 1.29 is 14.3 Å². The molecule has 5 rings (SSSR count). The zero-order chi connectivity index (χ0) is 20.7. The zero-order valence-electron chi connectivity index (χ0n) is 16.9. The molecule has 2 aromatic heterocycles. The molecule has 0 spiro atoms. The molecular formula is C21H23N5O3S. The Labute approximate surface area is 178 Å². The monoisotopic (exact) mass is 425 g/mol. The molecule has 1 saturated carbocycles. The summed E-state index contributed by atoms with van der Waals surface area (Å²) in [6.07, 6.45) is 2.10. The molecule has 0 unspecified atom stereocenters. The Bertz CT molecular complexity index is 1090. The van der Waals surface area contributed by atoms with Crippen LogP contribution in [-0.4, -0.2) is 49.0 Å². The van der Waals surface area contributed by atoms with Gasteiger partial charge in [-0.15, -0.1) is 5.10 Å². The van der Waals surface area contributed by atoms with Crippen LogP contribution in [0.3, 0.4) is 0 Å². The average molecular weight is 426 g/mol. The molecule has 1 aliphatic heterocycles. The molecule has 0 saturated heterocycles. The Morgan fingerprint density at radius 1 is 1.23 bits per heavy atom. The van der Waals surface area contributed by atoms with Gasteiger partial charge in [0.05, 0.1) is 18.3 Å². The number of carbonyl (C=O) groups excluding carboxylic acids is 1. The topological polar surface area (TPSA) is 84.1 Å². The van der Waals surface area contributed by atoms with Crippen molar-refractivity contribution in [3.8, 4) is 11.5 Å². The second-order valence-corrected chi connectivity index (χ2v) is 8.68. The standard InChI is InChI=1S/C21H23N5O3S/c1-13-9-17(18(27)12-30-21-22-23-24-26(21)15-7-8-15)14(2)25(13)10-16-11-28-19-5-3-4-6-20(19)29-16/h3-6,9,15-16H,7-8,10-12H2,1-2H3/t16-/m1/s1. The van der Waals surface area contributed by atoms with Gasteiger partial charge >= 0.3 is 0 Å². The molecule has 0 N–H and O–H groups in total. The van der Waals surface area contributed by atoms with Gasteiger partial charge in [0, 0.05) is 17.0 Å².